The van der Waals surface area contributed by atoms with Gasteiger partial charge in [-0.05, 0) is 16.7 Å². The molecule has 0 spiro atoms. The molecule has 29 heavy (non-hydrogen) atoms. The Kier molecular flexibility index (Phi) is 5.76. The van der Waals surface area contributed by atoms with Gasteiger partial charge in [-0.3, -0.25) is 0 Å². The summed E-state index contributed by atoms with van der Waals surface area (Å²) in [4.78, 5) is 0. The van der Waals surface area contributed by atoms with Crippen LogP contribution in [0.3, 0.4) is 0 Å². The second-order valence-corrected chi connectivity index (χ2v) is 7.14. The molecule has 3 N–H and O–H groups in total. The van der Waals surface area contributed by atoms with E-state index in [0.717, 1.165) is 16.7 Å². The molecule has 150 valence electrons. The molecule has 1 aliphatic heterocycles. The van der Waals surface area contributed by atoms with Crippen molar-refractivity contribution < 1.29 is 24.8 Å². The van der Waals surface area contributed by atoms with Gasteiger partial charge in [-0.1, -0.05) is 91.0 Å². The summed E-state index contributed by atoms with van der Waals surface area (Å²) in [5.41, 5.74) is 1.81. The van der Waals surface area contributed by atoms with Crippen LogP contribution in [0.4, 0.5) is 0 Å². The Labute approximate surface area is 169 Å². The lowest BCUT2D eigenvalue weighted by molar-refractivity contribution is -0.145. The fraction of sp³-hybridized carbons (Fsp3) is 0.250. The zero-order valence-electron chi connectivity index (χ0n) is 15.8. The molecule has 0 radical (unpaired) electrons. The maximum Gasteiger partial charge on any atom is 0.184 e. The second kappa shape index (κ2) is 8.45. The lowest BCUT2D eigenvalue weighted by Crippen LogP contribution is -2.39. The molecule has 1 saturated heterocycles. The summed E-state index contributed by atoms with van der Waals surface area (Å²) in [7, 11) is 0. The van der Waals surface area contributed by atoms with Crippen LogP contribution in [-0.2, 0) is 15.1 Å². The largest absolute Gasteiger partial charge is 0.387 e. The molecule has 0 aromatic heterocycles. The average Bonchev–Trinajstić information content (AvgIpc) is 3.03. The van der Waals surface area contributed by atoms with Crippen molar-refractivity contribution >= 4 is 0 Å². The number of ether oxygens (including phenoxy) is 2. The van der Waals surface area contributed by atoms with Crippen LogP contribution in [-0.4, -0.2) is 46.5 Å². The molecule has 0 amide bonds. The van der Waals surface area contributed by atoms with Crippen LogP contribution >= 0.6 is 0 Å². The van der Waals surface area contributed by atoms with Gasteiger partial charge in [0.1, 0.15) is 23.9 Å². The van der Waals surface area contributed by atoms with Crippen LogP contribution in [0.1, 0.15) is 16.7 Å². The van der Waals surface area contributed by atoms with E-state index in [1.807, 2.05) is 91.0 Å². The molecule has 1 fully saturated rings. The van der Waals surface area contributed by atoms with E-state index in [1.165, 1.54) is 0 Å². The van der Waals surface area contributed by atoms with Gasteiger partial charge in [0, 0.05) is 0 Å². The van der Waals surface area contributed by atoms with E-state index in [2.05, 4.69) is 0 Å². The fourth-order valence-electron chi connectivity index (χ4n) is 3.84. The molecule has 1 unspecified atom stereocenters. The van der Waals surface area contributed by atoms with Crippen LogP contribution in [0.2, 0.25) is 0 Å². The molecule has 4 atom stereocenters. The van der Waals surface area contributed by atoms with Crippen molar-refractivity contribution in [1.82, 2.24) is 0 Å². The Morgan fingerprint density at radius 2 is 1.07 bits per heavy atom. The third-order valence-corrected chi connectivity index (χ3v) is 5.34. The Hall–Kier alpha value is -2.54. The SMILES string of the molecule is OC1[C@@H](COC(c2ccccc2)(c2ccccc2)c2ccccc2)O[C@@H](O)[C@H]1O. The number of benzene rings is 3. The van der Waals surface area contributed by atoms with Gasteiger partial charge in [-0.25, -0.2) is 0 Å². The van der Waals surface area contributed by atoms with Crippen molar-refractivity contribution in [2.45, 2.75) is 30.2 Å². The molecule has 3 aromatic carbocycles. The lowest BCUT2D eigenvalue weighted by atomic mass is 9.80. The van der Waals surface area contributed by atoms with E-state index in [-0.39, 0.29) is 6.61 Å². The van der Waals surface area contributed by atoms with E-state index in [4.69, 9.17) is 9.47 Å². The van der Waals surface area contributed by atoms with Crippen molar-refractivity contribution in [3.63, 3.8) is 0 Å². The molecule has 0 saturated carbocycles. The predicted molar refractivity (Wildman–Crippen MR) is 108 cm³/mol. The molecule has 1 heterocycles. The van der Waals surface area contributed by atoms with E-state index in [1.54, 1.807) is 0 Å². The van der Waals surface area contributed by atoms with E-state index in [9.17, 15) is 15.3 Å². The van der Waals surface area contributed by atoms with Crippen molar-refractivity contribution in [2.24, 2.45) is 0 Å². The van der Waals surface area contributed by atoms with Gasteiger partial charge in [0.15, 0.2) is 6.29 Å². The Balaban J connectivity index is 1.80. The molecular weight excluding hydrogens is 368 g/mol. The number of hydrogen-bond donors (Lipinski definition) is 3. The topological polar surface area (TPSA) is 79.2 Å². The summed E-state index contributed by atoms with van der Waals surface area (Å²) < 4.78 is 11.9. The summed E-state index contributed by atoms with van der Waals surface area (Å²) >= 11 is 0. The lowest BCUT2D eigenvalue weighted by Gasteiger charge is -2.37. The standard InChI is InChI=1S/C24H24O5/c25-21-20(29-23(27)22(21)26)16-28-24(17-10-4-1-5-11-17,18-12-6-2-7-13-18)19-14-8-3-9-15-19/h1-15,20-23,25-27H,16H2/t20-,21?,22+,23-/m1/s1. The first-order valence-electron chi connectivity index (χ1n) is 9.63. The number of rotatable bonds is 6. The Bertz CT molecular complexity index is 804. The maximum atomic E-state index is 10.2. The van der Waals surface area contributed by atoms with Crippen LogP contribution in [0.25, 0.3) is 0 Å². The Morgan fingerprint density at radius 3 is 1.41 bits per heavy atom. The third kappa shape index (κ3) is 3.71. The molecule has 5 nitrogen and oxygen atoms in total. The monoisotopic (exact) mass is 392 g/mol. The molecule has 3 aromatic rings. The van der Waals surface area contributed by atoms with Crippen LogP contribution in [0, 0.1) is 0 Å². The number of aliphatic hydroxyl groups is 3. The van der Waals surface area contributed by atoms with Gasteiger partial charge >= 0.3 is 0 Å². The summed E-state index contributed by atoms with van der Waals surface area (Å²) in [5, 5.41) is 29.8. The van der Waals surface area contributed by atoms with Gasteiger partial charge in [0.05, 0.1) is 6.61 Å². The van der Waals surface area contributed by atoms with Gasteiger partial charge in [0.2, 0.25) is 0 Å². The minimum Gasteiger partial charge on any atom is -0.387 e. The zero-order valence-corrected chi connectivity index (χ0v) is 15.8. The molecule has 4 rings (SSSR count). The first-order chi connectivity index (χ1) is 14.1. The molecule has 0 bridgehead atoms. The molecule has 1 aliphatic rings. The molecule has 0 aliphatic carbocycles. The average molecular weight is 392 g/mol. The maximum absolute atomic E-state index is 10.2. The van der Waals surface area contributed by atoms with Gasteiger partial charge in [-0.2, -0.15) is 0 Å². The Morgan fingerprint density at radius 1 is 0.655 bits per heavy atom. The fourth-order valence-corrected chi connectivity index (χ4v) is 3.84. The van der Waals surface area contributed by atoms with E-state index < -0.39 is 30.2 Å². The van der Waals surface area contributed by atoms with Crippen molar-refractivity contribution in [3.05, 3.63) is 108 Å². The number of aliphatic hydroxyl groups excluding tert-OH is 3. The summed E-state index contributed by atoms with van der Waals surface area (Å²) in [6, 6.07) is 29.5. The van der Waals surface area contributed by atoms with Crippen LogP contribution in [0.15, 0.2) is 91.0 Å². The first kappa shape index (κ1) is 19.8. The highest BCUT2D eigenvalue weighted by Gasteiger charge is 2.44. The zero-order chi connectivity index (χ0) is 20.3. The summed E-state index contributed by atoms with van der Waals surface area (Å²) in [6.07, 6.45) is -4.87. The predicted octanol–water partition coefficient (Wildman–Crippen LogP) is 2.43. The van der Waals surface area contributed by atoms with E-state index in [0.29, 0.717) is 0 Å². The van der Waals surface area contributed by atoms with Crippen LogP contribution < -0.4 is 0 Å². The summed E-state index contributed by atoms with van der Waals surface area (Å²) in [6.45, 7) is -0.0199. The number of hydrogen-bond acceptors (Lipinski definition) is 5. The normalized spacial score (nSPS) is 24.5. The molecule has 5 heteroatoms. The molecular formula is C24H24O5. The van der Waals surface area contributed by atoms with Gasteiger partial charge < -0.3 is 24.8 Å². The minimum absolute atomic E-state index is 0.0199. The minimum atomic E-state index is -1.43. The highest BCUT2D eigenvalue weighted by atomic mass is 16.7. The smallest absolute Gasteiger partial charge is 0.184 e. The second-order valence-electron chi connectivity index (χ2n) is 7.14. The first-order valence-corrected chi connectivity index (χ1v) is 9.63. The van der Waals surface area contributed by atoms with Crippen molar-refractivity contribution in [3.8, 4) is 0 Å². The van der Waals surface area contributed by atoms with Gasteiger partial charge in [0.25, 0.3) is 0 Å². The van der Waals surface area contributed by atoms with Crippen LogP contribution in [0.5, 0.6) is 0 Å². The van der Waals surface area contributed by atoms with Gasteiger partial charge in [-0.15, -0.1) is 0 Å². The highest BCUT2D eigenvalue weighted by Crippen LogP contribution is 2.41. The van der Waals surface area contributed by atoms with E-state index >= 15 is 0 Å². The summed E-state index contributed by atoms with van der Waals surface area (Å²) in [5.74, 6) is 0. The highest BCUT2D eigenvalue weighted by molar-refractivity contribution is 5.47. The van der Waals surface area contributed by atoms with Crippen molar-refractivity contribution in [2.75, 3.05) is 6.61 Å². The quantitative estimate of drug-likeness (QED) is 0.562. The third-order valence-electron chi connectivity index (χ3n) is 5.34. The van der Waals surface area contributed by atoms with Crippen molar-refractivity contribution in [1.29, 1.82) is 0 Å².